The van der Waals surface area contributed by atoms with Gasteiger partial charge in [0.1, 0.15) is 6.61 Å². The van der Waals surface area contributed by atoms with E-state index in [4.69, 9.17) is 22.1 Å². The SMILES string of the molecule is Nc1ccc(Cl)c(C(=O)OCc2cncc(Br)c2)c1. The minimum absolute atomic E-state index is 0.121. The number of hydrogen-bond donors (Lipinski definition) is 1. The van der Waals surface area contributed by atoms with Crippen molar-refractivity contribution in [2.24, 2.45) is 0 Å². The molecule has 1 heterocycles. The fourth-order valence-corrected chi connectivity index (χ4v) is 2.07. The Morgan fingerprint density at radius 1 is 1.37 bits per heavy atom. The topological polar surface area (TPSA) is 65.2 Å². The highest BCUT2D eigenvalue weighted by molar-refractivity contribution is 9.10. The van der Waals surface area contributed by atoms with Crippen molar-refractivity contribution in [1.82, 2.24) is 4.98 Å². The number of ether oxygens (including phenoxy) is 1. The third-order valence-corrected chi connectivity index (χ3v) is 3.11. The van der Waals surface area contributed by atoms with Crippen molar-refractivity contribution < 1.29 is 9.53 Å². The molecule has 0 aliphatic heterocycles. The zero-order valence-corrected chi connectivity index (χ0v) is 12.1. The molecule has 0 aliphatic carbocycles. The van der Waals surface area contributed by atoms with Gasteiger partial charge >= 0.3 is 5.97 Å². The van der Waals surface area contributed by atoms with Gasteiger partial charge in [-0.05, 0) is 40.2 Å². The van der Waals surface area contributed by atoms with E-state index in [1.54, 1.807) is 24.5 Å². The quantitative estimate of drug-likeness (QED) is 0.686. The normalized spacial score (nSPS) is 10.2. The van der Waals surface area contributed by atoms with Crippen LogP contribution in [0.15, 0.2) is 41.1 Å². The van der Waals surface area contributed by atoms with Crippen LogP contribution in [0.5, 0.6) is 0 Å². The molecule has 0 unspecified atom stereocenters. The average molecular weight is 342 g/mol. The number of pyridine rings is 1. The summed E-state index contributed by atoms with van der Waals surface area (Å²) in [5.74, 6) is -0.516. The molecule has 0 bridgehead atoms. The van der Waals surface area contributed by atoms with E-state index >= 15 is 0 Å². The second-order valence-corrected chi connectivity index (χ2v) is 5.15. The predicted molar refractivity (Wildman–Crippen MR) is 76.9 cm³/mol. The summed E-state index contributed by atoms with van der Waals surface area (Å²) >= 11 is 9.22. The van der Waals surface area contributed by atoms with Gasteiger partial charge < -0.3 is 10.5 Å². The molecule has 2 N–H and O–H groups in total. The minimum Gasteiger partial charge on any atom is -0.457 e. The van der Waals surface area contributed by atoms with Crippen molar-refractivity contribution in [3.8, 4) is 0 Å². The van der Waals surface area contributed by atoms with Crippen LogP contribution in [0.4, 0.5) is 5.69 Å². The zero-order valence-electron chi connectivity index (χ0n) is 9.77. The molecule has 1 aromatic heterocycles. The molecule has 98 valence electrons. The third-order valence-electron chi connectivity index (χ3n) is 2.34. The van der Waals surface area contributed by atoms with Crippen molar-refractivity contribution in [3.63, 3.8) is 0 Å². The van der Waals surface area contributed by atoms with E-state index in [0.717, 1.165) is 10.0 Å². The lowest BCUT2D eigenvalue weighted by Gasteiger charge is -2.07. The average Bonchev–Trinajstić information content (AvgIpc) is 2.39. The molecule has 0 spiro atoms. The molecule has 2 aromatic rings. The van der Waals surface area contributed by atoms with Gasteiger partial charge in [-0.15, -0.1) is 0 Å². The van der Waals surface area contributed by atoms with Crippen molar-refractivity contribution in [2.45, 2.75) is 6.61 Å². The summed E-state index contributed by atoms with van der Waals surface area (Å²) in [5.41, 5.74) is 7.10. The molecule has 0 saturated carbocycles. The zero-order chi connectivity index (χ0) is 13.8. The van der Waals surface area contributed by atoms with E-state index < -0.39 is 5.97 Å². The van der Waals surface area contributed by atoms with Crippen molar-refractivity contribution in [2.75, 3.05) is 5.73 Å². The minimum atomic E-state index is -0.516. The van der Waals surface area contributed by atoms with E-state index in [2.05, 4.69) is 20.9 Å². The number of carbonyl (C=O) groups excluding carboxylic acids is 1. The van der Waals surface area contributed by atoms with Crippen LogP contribution < -0.4 is 5.73 Å². The van der Waals surface area contributed by atoms with Crippen LogP contribution >= 0.6 is 27.5 Å². The first-order chi connectivity index (χ1) is 9.06. The van der Waals surface area contributed by atoms with Crippen LogP contribution in [0.3, 0.4) is 0 Å². The highest BCUT2D eigenvalue weighted by Crippen LogP contribution is 2.20. The predicted octanol–water partition coefficient (Wildman–Crippen LogP) is 3.44. The molecule has 1 aromatic carbocycles. The van der Waals surface area contributed by atoms with Crippen molar-refractivity contribution in [3.05, 3.63) is 57.3 Å². The number of halogens is 2. The molecule has 4 nitrogen and oxygen atoms in total. The van der Waals surface area contributed by atoms with Crippen LogP contribution in [0, 0.1) is 0 Å². The molecule has 0 radical (unpaired) electrons. The lowest BCUT2D eigenvalue weighted by molar-refractivity contribution is 0.0472. The lowest BCUT2D eigenvalue weighted by atomic mass is 10.2. The largest absolute Gasteiger partial charge is 0.457 e. The highest BCUT2D eigenvalue weighted by Gasteiger charge is 2.12. The number of nitrogen functional groups attached to an aromatic ring is 1. The molecule has 2 rings (SSSR count). The summed E-state index contributed by atoms with van der Waals surface area (Å²) < 4.78 is 5.99. The Morgan fingerprint density at radius 2 is 2.16 bits per heavy atom. The number of anilines is 1. The van der Waals surface area contributed by atoms with E-state index in [1.165, 1.54) is 6.07 Å². The lowest BCUT2D eigenvalue weighted by Crippen LogP contribution is -2.06. The summed E-state index contributed by atoms with van der Waals surface area (Å²) in [6, 6.07) is 6.50. The van der Waals surface area contributed by atoms with E-state index in [1.807, 2.05) is 6.07 Å². The number of nitrogens with two attached hydrogens (primary N) is 1. The molecular weight excluding hydrogens is 332 g/mol. The Kier molecular flexibility index (Phi) is 4.39. The summed E-state index contributed by atoms with van der Waals surface area (Å²) in [4.78, 5) is 15.9. The van der Waals surface area contributed by atoms with Gasteiger partial charge in [-0.25, -0.2) is 4.79 Å². The first-order valence-corrected chi connectivity index (χ1v) is 6.55. The molecule has 0 fully saturated rings. The molecule has 0 aliphatic rings. The summed E-state index contributed by atoms with van der Waals surface area (Å²) in [5, 5.41) is 0.312. The van der Waals surface area contributed by atoms with Crippen LogP contribution in [0.2, 0.25) is 5.02 Å². The maximum atomic E-state index is 11.9. The molecule has 0 amide bonds. The van der Waals surface area contributed by atoms with Gasteiger partial charge in [0.05, 0.1) is 10.6 Å². The van der Waals surface area contributed by atoms with Crippen molar-refractivity contribution >= 4 is 39.2 Å². The van der Waals surface area contributed by atoms with Gasteiger partial charge in [0.25, 0.3) is 0 Å². The number of rotatable bonds is 3. The van der Waals surface area contributed by atoms with Gasteiger partial charge in [-0.1, -0.05) is 11.6 Å². The first-order valence-electron chi connectivity index (χ1n) is 5.38. The maximum Gasteiger partial charge on any atom is 0.340 e. The highest BCUT2D eigenvalue weighted by atomic mass is 79.9. The maximum absolute atomic E-state index is 11.9. The van der Waals surface area contributed by atoms with Gasteiger partial charge in [0.15, 0.2) is 0 Å². The molecule has 6 heteroatoms. The molecular formula is C13H10BrClN2O2. The summed E-state index contributed by atoms with van der Waals surface area (Å²) in [7, 11) is 0. The smallest absolute Gasteiger partial charge is 0.340 e. The third kappa shape index (κ3) is 3.68. The fourth-order valence-electron chi connectivity index (χ4n) is 1.46. The molecule has 0 atom stereocenters. The van der Waals surface area contributed by atoms with Crippen molar-refractivity contribution in [1.29, 1.82) is 0 Å². The monoisotopic (exact) mass is 340 g/mol. The Morgan fingerprint density at radius 3 is 2.89 bits per heavy atom. The Bertz CT molecular complexity index is 619. The van der Waals surface area contributed by atoms with Gasteiger partial charge in [-0.2, -0.15) is 0 Å². The van der Waals surface area contributed by atoms with Gasteiger partial charge in [0.2, 0.25) is 0 Å². The second-order valence-electron chi connectivity index (χ2n) is 3.83. The second kappa shape index (κ2) is 6.04. The number of benzene rings is 1. The number of esters is 1. The first kappa shape index (κ1) is 13.8. The Hall–Kier alpha value is -1.59. The number of aromatic nitrogens is 1. The number of hydrogen-bond acceptors (Lipinski definition) is 4. The van der Waals surface area contributed by atoms with Gasteiger partial charge in [-0.3, -0.25) is 4.98 Å². The number of nitrogens with zero attached hydrogens (tertiary/aromatic N) is 1. The van der Waals surface area contributed by atoms with Crippen LogP contribution in [0.1, 0.15) is 15.9 Å². The Labute approximate surface area is 123 Å². The summed E-state index contributed by atoms with van der Waals surface area (Å²) in [6.07, 6.45) is 3.28. The van der Waals surface area contributed by atoms with E-state index in [9.17, 15) is 4.79 Å². The number of carbonyl (C=O) groups is 1. The van der Waals surface area contributed by atoms with Crippen LogP contribution in [-0.2, 0) is 11.3 Å². The van der Waals surface area contributed by atoms with Crippen LogP contribution in [0.25, 0.3) is 0 Å². The van der Waals surface area contributed by atoms with E-state index in [0.29, 0.717) is 10.7 Å². The fraction of sp³-hybridized carbons (Fsp3) is 0.0769. The molecule has 19 heavy (non-hydrogen) atoms. The van der Waals surface area contributed by atoms with E-state index in [-0.39, 0.29) is 12.2 Å². The molecule has 0 saturated heterocycles. The standard InChI is InChI=1S/C13H10BrClN2O2/c14-9-3-8(5-17-6-9)7-19-13(18)11-4-10(16)1-2-12(11)15/h1-6H,7,16H2. The van der Waals surface area contributed by atoms with Crippen LogP contribution in [-0.4, -0.2) is 11.0 Å². The summed E-state index contributed by atoms with van der Waals surface area (Å²) in [6.45, 7) is 0.121. The van der Waals surface area contributed by atoms with Gasteiger partial charge in [0, 0.05) is 28.1 Å². The Balaban J connectivity index is 2.07.